The molecule has 0 spiro atoms. The number of hydrogen-bond donors (Lipinski definition) is 0. The minimum absolute atomic E-state index is 0.650. The summed E-state index contributed by atoms with van der Waals surface area (Å²) in [5.74, 6) is 2.04. The molecule has 2 aromatic heterocycles. The monoisotopic (exact) mass is 500 g/mol. The molecular formula is C28H19GaN2O3. The van der Waals surface area contributed by atoms with Gasteiger partial charge in [0, 0.05) is 0 Å². The Bertz CT molecular complexity index is 1410. The van der Waals surface area contributed by atoms with Crippen LogP contribution in [0.3, 0.4) is 0 Å². The number of benzene rings is 4. The van der Waals surface area contributed by atoms with Gasteiger partial charge in [0.15, 0.2) is 0 Å². The van der Waals surface area contributed by atoms with E-state index in [1.165, 1.54) is 0 Å². The molecule has 0 atom stereocenters. The third-order valence-electron chi connectivity index (χ3n) is 5.61. The predicted octanol–water partition coefficient (Wildman–Crippen LogP) is 6.46. The molecule has 34 heavy (non-hydrogen) atoms. The van der Waals surface area contributed by atoms with Crippen molar-refractivity contribution >= 4 is 49.9 Å². The summed E-state index contributed by atoms with van der Waals surface area (Å²) in [6, 6.07) is 33.7. The quantitative estimate of drug-likeness (QED) is 0.246. The first-order valence-corrected chi connectivity index (χ1v) is 14.0. The summed E-state index contributed by atoms with van der Waals surface area (Å²) < 4.78 is 19.5. The van der Waals surface area contributed by atoms with Gasteiger partial charge in [-0.2, -0.15) is 0 Å². The molecule has 0 N–H and O–H groups in total. The molecule has 4 aromatic carbocycles. The number of hydrogen-bond acceptors (Lipinski definition) is 5. The van der Waals surface area contributed by atoms with E-state index in [2.05, 4.69) is 22.1 Å². The zero-order valence-corrected chi connectivity index (χ0v) is 20.6. The third kappa shape index (κ3) is 4.05. The Morgan fingerprint density at radius 1 is 0.441 bits per heavy atom. The summed E-state index contributed by atoms with van der Waals surface area (Å²) in [6.07, 6.45) is 3.52. The topological polar surface area (TPSA) is 53.5 Å². The van der Waals surface area contributed by atoms with Gasteiger partial charge < -0.3 is 0 Å². The standard InChI is InChI=1S/C10H8O.2C9H7NO.Ga/c11-10-7-3-5-8-4-1-2-6-9(8)10;2*11-8-5-1-3-7-4-2-6-10-9(7)8;/h1-7,11H;2*1-6,11H;/q;;;+3/p-3. The number of para-hydroxylation sites is 2. The van der Waals surface area contributed by atoms with E-state index in [1.807, 2.05) is 91.0 Å². The van der Waals surface area contributed by atoms with Gasteiger partial charge in [-0.25, -0.2) is 0 Å². The van der Waals surface area contributed by atoms with Gasteiger partial charge in [0.2, 0.25) is 0 Å². The summed E-state index contributed by atoms with van der Waals surface area (Å²) in [5, 5.41) is 4.11. The van der Waals surface area contributed by atoms with Crippen LogP contribution < -0.4 is 10.6 Å². The maximum absolute atomic E-state index is 6.52. The third-order valence-corrected chi connectivity index (χ3v) is 8.42. The second-order valence-corrected chi connectivity index (χ2v) is 10.5. The molecule has 0 fully saturated rings. The number of nitrogens with zero attached hydrogens (tertiary/aromatic N) is 2. The van der Waals surface area contributed by atoms with Gasteiger partial charge in [-0.05, 0) is 0 Å². The SMILES string of the molecule is c1ccc2c([O][Ga]([O]c3cccc4cccnc34)[O]c3cccc4cccnc34)cccc2c1. The average Bonchev–Trinajstić information content (AvgIpc) is 2.89. The molecule has 0 saturated heterocycles. The van der Waals surface area contributed by atoms with Gasteiger partial charge in [-0.1, -0.05) is 0 Å². The molecule has 5 nitrogen and oxygen atoms in total. The zero-order chi connectivity index (χ0) is 22.7. The Kier molecular flexibility index (Phi) is 5.51. The molecule has 0 saturated carbocycles. The van der Waals surface area contributed by atoms with Crippen LogP contribution in [0.25, 0.3) is 32.6 Å². The molecule has 0 aliphatic carbocycles. The molecule has 0 bridgehead atoms. The summed E-state index contributed by atoms with van der Waals surface area (Å²) in [4.78, 5) is 9.06. The molecule has 6 aromatic rings. The van der Waals surface area contributed by atoms with Crippen LogP contribution >= 0.6 is 0 Å². The van der Waals surface area contributed by atoms with Crippen molar-refractivity contribution in [1.82, 2.24) is 9.97 Å². The van der Waals surface area contributed by atoms with E-state index in [9.17, 15) is 0 Å². The van der Waals surface area contributed by atoms with Crippen molar-refractivity contribution < 1.29 is 10.6 Å². The Hall–Kier alpha value is -4.00. The van der Waals surface area contributed by atoms with Gasteiger partial charge in [0.1, 0.15) is 0 Å². The molecule has 0 aliphatic heterocycles. The van der Waals surface area contributed by atoms with Crippen LogP contribution in [0, 0.1) is 0 Å². The van der Waals surface area contributed by atoms with E-state index in [-0.39, 0.29) is 0 Å². The first kappa shape index (κ1) is 20.6. The molecule has 2 heterocycles. The van der Waals surface area contributed by atoms with Crippen molar-refractivity contribution in [2.75, 3.05) is 0 Å². The Labute approximate surface area is 202 Å². The van der Waals surface area contributed by atoms with E-state index in [4.69, 9.17) is 10.6 Å². The van der Waals surface area contributed by atoms with Crippen molar-refractivity contribution in [1.29, 1.82) is 0 Å². The van der Waals surface area contributed by atoms with E-state index < -0.39 is 17.3 Å². The minimum atomic E-state index is -3.42. The van der Waals surface area contributed by atoms with Gasteiger partial charge in [0.25, 0.3) is 0 Å². The zero-order valence-electron chi connectivity index (χ0n) is 18.2. The van der Waals surface area contributed by atoms with Crippen LogP contribution in [0.4, 0.5) is 0 Å². The number of fused-ring (bicyclic) bond motifs is 3. The molecule has 0 radical (unpaired) electrons. The van der Waals surface area contributed by atoms with Crippen LogP contribution in [-0.4, -0.2) is 27.3 Å². The van der Waals surface area contributed by atoms with Crippen molar-refractivity contribution in [2.24, 2.45) is 0 Å². The van der Waals surface area contributed by atoms with Crippen LogP contribution in [-0.2, 0) is 0 Å². The fourth-order valence-corrected chi connectivity index (χ4v) is 6.86. The van der Waals surface area contributed by atoms with Gasteiger partial charge >= 0.3 is 203 Å². The number of pyridine rings is 2. The Morgan fingerprint density at radius 2 is 0.912 bits per heavy atom. The molecule has 162 valence electrons. The van der Waals surface area contributed by atoms with E-state index in [0.717, 1.165) is 38.3 Å². The first-order valence-electron chi connectivity index (χ1n) is 11.0. The second-order valence-electron chi connectivity index (χ2n) is 7.78. The number of rotatable bonds is 6. The molecule has 6 heteroatoms. The summed E-state index contributed by atoms with van der Waals surface area (Å²) >= 11 is -3.42. The Morgan fingerprint density at radius 3 is 1.56 bits per heavy atom. The first-order chi connectivity index (χ1) is 16.8. The predicted molar refractivity (Wildman–Crippen MR) is 135 cm³/mol. The molecular weight excluding hydrogens is 482 g/mol. The van der Waals surface area contributed by atoms with Crippen LogP contribution in [0.2, 0.25) is 0 Å². The summed E-state index contributed by atoms with van der Waals surface area (Å²) in [7, 11) is 0. The number of aromatic nitrogens is 2. The molecule has 0 unspecified atom stereocenters. The van der Waals surface area contributed by atoms with Crippen molar-refractivity contribution in [3.8, 4) is 17.2 Å². The summed E-state index contributed by atoms with van der Waals surface area (Å²) in [5.41, 5.74) is 1.56. The van der Waals surface area contributed by atoms with Gasteiger partial charge in [0.05, 0.1) is 0 Å². The maximum atomic E-state index is 6.52. The van der Waals surface area contributed by atoms with Crippen molar-refractivity contribution in [3.05, 3.63) is 116 Å². The molecule has 0 aliphatic rings. The summed E-state index contributed by atoms with van der Waals surface area (Å²) in [6.45, 7) is 0. The molecule has 0 amide bonds. The van der Waals surface area contributed by atoms with E-state index in [0.29, 0.717) is 11.5 Å². The normalized spacial score (nSPS) is 10.9. The van der Waals surface area contributed by atoms with Crippen LogP contribution in [0.15, 0.2) is 116 Å². The van der Waals surface area contributed by atoms with E-state index >= 15 is 0 Å². The van der Waals surface area contributed by atoms with E-state index in [1.54, 1.807) is 12.4 Å². The fraction of sp³-hybridized carbons (Fsp3) is 0. The van der Waals surface area contributed by atoms with Crippen LogP contribution in [0.5, 0.6) is 17.2 Å². The average molecular weight is 501 g/mol. The van der Waals surface area contributed by atoms with Crippen LogP contribution in [0.1, 0.15) is 0 Å². The molecule has 6 rings (SSSR count). The van der Waals surface area contributed by atoms with Gasteiger partial charge in [-0.3, -0.25) is 0 Å². The van der Waals surface area contributed by atoms with Gasteiger partial charge in [-0.15, -0.1) is 0 Å². The van der Waals surface area contributed by atoms with Crippen molar-refractivity contribution in [3.63, 3.8) is 0 Å². The Balaban J connectivity index is 1.42. The second kappa shape index (κ2) is 9.09. The van der Waals surface area contributed by atoms with Crippen molar-refractivity contribution in [2.45, 2.75) is 0 Å². The fourth-order valence-electron chi connectivity index (χ4n) is 4.02.